The number of carbonyl (C=O) groups is 3. The number of nitrogens with one attached hydrogen (secondary N) is 3. The maximum absolute atomic E-state index is 13.1. The number of aromatic nitrogens is 4. The fourth-order valence-electron chi connectivity index (χ4n) is 9.33. The molecule has 5 aromatic rings. The van der Waals surface area contributed by atoms with Crippen LogP contribution in [0.25, 0.3) is 33.2 Å². The predicted molar refractivity (Wildman–Crippen MR) is 209 cm³/mol. The number of carbonyl (C=O) groups excluding carboxylic acids is 3. The average Bonchev–Trinajstić information content (AvgIpc) is 3.79. The monoisotopic (exact) mass is 700 g/mol. The smallest absolute Gasteiger partial charge is 0.237 e. The number of amides is 2. The lowest BCUT2D eigenvalue weighted by atomic mass is 9.85. The number of rotatable bonds is 3. The van der Waals surface area contributed by atoms with E-state index >= 15 is 0 Å². The van der Waals surface area contributed by atoms with Crippen molar-refractivity contribution in [1.82, 2.24) is 20.2 Å². The Morgan fingerprint density at radius 1 is 0.673 bits per heavy atom. The first-order valence-corrected chi connectivity index (χ1v) is 19.3. The highest BCUT2D eigenvalue weighted by molar-refractivity contribution is 6.12. The Hall–Kier alpha value is -4.66. The number of nitrogens with zero attached hydrogens (tertiary/aromatic N) is 3. The molecule has 2 aliphatic heterocycles. The van der Waals surface area contributed by atoms with Gasteiger partial charge < -0.3 is 19.8 Å². The van der Waals surface area contributed by atoms with E-state index in [1.54, 1.807) is 0 Å². The number of aromatic amines is 3. The maximum Gasteiger partial charge on any atom is 0.237 e. The number of benzene rings is 2. The third kappa shape index (κ3) is 4.87. The van der Waals surface area contributed by atoms with Crippen LogP contribution in [0.15, 0.2) is 24.3 Å². The van der Waals surface area contributed by atoms with Gasteiger partial charge in [-0.05, 0) is 147 Å². The number of aryl methyl sites for hydroxylation is 3. The largest absolute Gasteiger partial charge is 0.353 e. The van der Waals surface area contributed by atoms with Crippen LogP contribution in [0.4, 0.5) is 11.4 Å². The van der Waals surface area contributed by atoms with Crippen molar-refractivity contribution in [1.29, 1.82) is 0 Å². The quantitative estimate of drug-likeness (QED) is 0.163. The van der Waals surface area contributed by atoms with Gasteiger partial charge in [-0.3, -0.25) is 19.5 Å². The van der Waals surface area contributed by atoms with Crippen LogP contribution < -0.4 is 9.80 Å². The predicted octanol–water partition coefficient (Wildman–Crippen LogP) is 8.75. The summed E-state index contributed by atoms with van der Waals surface area (Å²) in [5, 5.41) is 10.2. The van der Waals surface area contributed by atoms with Gasteiger partial charge in [0.1, 0.15) is 5.69 Å². The molecule has 0 radical (unpaired) electrons. The number of hydrogen-bond acceptors (Lipinski definition) is 4. The summed E-state index contributed by atoms with van der Waals surface area (Å²) in [6, 6.07) is 8.93. The van der Waals surface area contributed by atoms with Gasteiger partial charge in [-0.15, -0.1) is 0 Å². The molecule has 9 nitrogen and oxygen atoms in total. The van der Waals surface area contributed by atoms with E-state index in [9.17, 15) is 14.4 Å². The molecule has 9 heteroatoms. The molecule has 9 rings (SSSR count). The molecule has 3 aromatic heterocycles. The molecule has 0 spiro atoms. The fourth-order valence-corrected chi connectivity index (χ4v) is 9.33. The van der Waals surface area contributed by atoms with E-state index in [1.165, 1.54) is 22.2 Å². The third-order valence-corrected chi connectivity index (χ3v) is 12.2. The van der Waals surface area contributed by atoms with Crippen molar-refractivity contribution in [3.63, 3.8) is 0 Å². The highest BCUT2D eigenvalue weighted by atomic mass is 16.2. The molecule has 2 amide bonds. The van der Waals surface area contributed by atoms with Crippen molar-refractivity contribution in [3.05, 3.63) is 63.5 Å². The molecule has 272 valence electrons. The molecule has 3 N–H and O–H groups in total. The van der Waals surface area contributed by atoms with Gasteiger partial charge in [0.25, 0.3) is 0 Å². The summed E-state index contributed by atoms with van der Waals surface area (Å²) < 4.78 is 0. The maximum atomic E-state index is 13.1. The van der Waals surface area contributed by atoms with E-state index in [1.807, 2.05) is 37.5 Å². The first kappa shape index (κ1) is 34.4. The number of H-pyrrole nitrogens is 3. The molecule has 2 aromatic carbocycles. The molecule has 0 fully saturated rings. The van der Waals surface area contributed by atoms with E-state index in [2.05, 4.69) is 79.0 Å². The number of hydrogen-bond donors (Lipinski definition) is 3. The molecule has 2 aliphatic carbocycles. The van der Waals surface area contributed by atoms with E-state index in [4.69, 9.17) is 0 Å². The van der Waals surface area contributed by atoms with Gasteiger partial charge in [0.05, 0.1) is 22.2 Å². The topological polar surface area (TPSA) is 118 Å². The fraction of sp³-hybridized carbons (Fsp3) is 0.488. The van der Waals surface area contributed by atoms with Gasteiger partial charge in [-0.2, -0.15) is 5.10 Å². The summed E-state index contributed by atoms with van der Waals surface area (Å²) in [6.45, 7) is 18.5. The van der Waals surface area contributed by atoms with Crippen molar-refractivity contribution in [3.8, 4) is 11.4 Å². The highest BCUT2D eigenvalue weighted by Crippen LogP contribution is 2.48. The van der Waals surface area contributed by atoms with Crippen molar-refractivity contribution in [2.24, 2.45) is 0 Å². The Kier molecular flexibility index (Phi) is 7.90. The minimum Gasteiger partial charge on any atom is -0.353 e. The minimum absolute atomic E-state index is 0.120. The molecular formula is C43H52N6O3. The summed E-state index contributed by atoms with van der Waals surface area (Å²) in [7, 11) is 0. The summed E-state index contributed by atoms with van der Waals surface area (Å²) in [5.41, 5.74) is 13.4. The van der Waals surface area contributed by atoms with E-state index in [0.29, 0.717) is 6.42 Å². The molecule has 4 aliphatic rings. The van der Waals surface area contributed by atoms with Crippen LogP contribution in [0.5, 0.6) is 0 Å². The molecule has 5 heterocycles. The van der Waals surface area contributed by atoms with Gasteiger partial charge in [-0.1, -0.05) is 6.92 Å². The Morgan fingerprint density at radius 3 is 1.69 bits per heavy atom. The van der Waals surface area contributed by atoms with Crippen molar-refractivity contribution in [2.75, 3.05) is 9.80 Å². The summed E-state index contributed by atoms with van der Waals surface area (Å²) in [5.74, 6) is 0.565. The lowest BCUT2D eigenvalue weighted by Crippen LogP contribution is -2.40. The molecular weight excluding hydrogens is 649 g/mol. The van der Waals surface area contributed by atoms with E-state index in [0.717, 1.165) is 107 Å². The summed E-state index contributed by atoms with van der Waals surface area (Å²) >= 11 is 0. The second kappa shape index (κ2) is 11.9. The second-order valence-electron chi connectivity index (χ2n) is 16.9. The Balaban J connectivity index is 0.000000151. The summed E-state index contributed by atoms with van der Waals surface area (Å²) in [4.78, 5) is 49.2. The van der Waals surface area contributed by atoms with Crippen molar-refractivity contribution < 1.29 is 14.4 Å². The molecule has 0 saturated carbocycles. The van der Waals surface area contributed by atoms with Gasteiger partial charge in [0.15, 0.2) is 5.78 Å². The average molecular weight is 701 g/mol. The Labute approximate surface area is 305 Å². The zero-order valence-electron chi connectivity index (χ0n) is 32.2. The van der Waals surface area contributed by atoms with Gasteiger partial charge >= 0.3 is 0 Å². The number of ketones is 1. The van der Waals surface area contributed by atoms with Gasteiger partial charge in [0.2, 0.25) is 11.8 Å². The summed E-state index contributed by atoms with van der Waals surface area (Å²) in [6.07, 6.45) is 7.75. The molecule has 0 saturated heterocycles. The lowest BCUT2D eigenvalue weighted by Gasteiger charge is -2.24. The standard InChI is InChI=1S/C23H28N4O.C20H24N2O2/c1-6-17-14-9-7-8-13-15-10-19-16(23(4,5)22(28)27(19)12(2)3)11-18(15)24-20(13)21(14)26-25-17;1-11(2)22-16-9-13-12-7-5-6-8-17(23)18(12)21-15(13)10-14(16)20(3,4)19(22)24/h10-12,24H,6-9H2,1-5H3,(H,25,26);9-11,21H,5-8H2,1-4H3. The highest BCUT2D eigenvalue weighted by Gasteiger charge is 2.46. The van der Waals surface area contributed by atoms with Gasteiger partial charge in [0, 0.05) is 62.9 Å². The number of Topliss-reactive ketones (excluding diaryl/α,β-unsaturated/α-hetero) is 1. The van der Waals surface area contributed by atoms with Crippen LogP contribution >= 0.6 is 0 Å². The number of anilines is 2. The van der Waals surface area contributed by atoms with Crippen molar-refractivity contribution in [2.45, 2.75) is 137 Å². The van der Waals surface area contributed by atoms with Crippen LogP contribution in [0.2, 0.25) is 0 Å². The second-order valence-corrected chi connectivity index (χ2v) is 16.9. The first-order valence-electron chi connectivity index (χ1n) is 19.3. The zero-order valence-corrected chi connectivity index (χ0v) is 32.2. The SMILES string of the molecule is CC(C)N1C(=O)C(C)(C)c2cc3[nH]c4c(c3cc21)CCCCC4=O.CCc1[nH]nc2c1CCCc1c-2[nH]c2cc3c(cc12)N(C(C)C)C(=O)C3(C)C. The lowest BCUT2D eigenvalue weighted by molar-refractivity contribution is -0.123. The molecule has 0 unspecified atom stereocenters. The van der Waals surface area contributed by atoms with Gasteiger partial charge in [-0.25, -0.2) is 0 Å². The minimum atomic E-state index is -0.527. The van der Waals surface area contributed by atoms with E-state index in [-0.39, 0.29) is 29.7 Å². The van der Waals surface area contributed by atoms with Crippen LogP contribution in [-0.4, -0.2) is 49.8 Å². The molecule has 0 atom stereocenters. The third-order valence-electron chi connectivity index (χ3n) is 12.2. The first-order chi connectivity index (χ1) is 24.7. The number of fused-ring (bicyclic) bond motifs is 10. The Morgan fingerprint density at radius 2 is 1.15 bits per heavy atom. The van der Waals surface area contributed by atoms with Crippen LogP contribution in [0.3, 0.4) is 0 Å². The van der Waals surface area contributed by atoms with Crippen LogP contribution in [-0.2, 0) is 46.1 Å². The Bertz CT molecular complexity index is 2310. The van der Waals surface area contributed by atoms with Crippen LogP contribution in [0.1, 0.15) is 132 Å². The normalized spacial score (nSPS) is 18.7. The molecule has 0 bridgehead atoms. The molecule has 52 heavy (non-hydrogen) atoms. The zero-order chi connectivity index (χ0) is 37.0. The van der Waals surface area contributed by atoms with Crippen molar-refractivity contribution >= 4 is 50.8 Å². The van der Waals surface area contributed by atoms with E-state index < -0.39 is 10.8 Å². The van der Waals surface area contributed by atoms with Crippen LogP contribution in [0, 0.1) is 0 Å².